The second-order valence-corrected chi connectivity index (χ2v) is 4.11. The maximum Gasteiger partial charge on any atom is 0.0628 e. The molecule has 0 aliphatic carbocycles. The van der Waals surface area contributed by atoms with Crippen molar-refractivity contribution in [2.75, 3.05) is 13.1 Å². The molecule has 0 aliphatic heterocycles. The average Bonchev–Trinajstić information content (AvgIpc) is 2.44. The molecule has 0 saturated carbocycles. The Bertz CT molecular complexity index is 317. The predicted molar refractivity (Wildman–Crippen MR) is 62.9 cm³/mol. The molecule has 1 aromatic rings. The summed E-state index contributed by atoms with van der Waals surface area (Å²) >= 11 is 0. The number of nitrogens with one attached hydrogen (secondary N) is 1. The summed E-state index contributed by atoms with van der Waals surface area (Å²) in [4.78, 5) is 0. The van der Waals surface area contributed by atoms with Crippen LogP contribution in [-0.4, -0.2) is 28.9 Å². The zero-order chi connectivity index (χ0) is 11.4. The summed E-state index contributed by atoms with van der Waals surface area (Å²) in [6.07, 6.45) is 1.02. The quantitative estimate of drug-likeness (QED) is 0.745. The fraction of sp³-hybridized carbons (Fsp3) is 0.727. The molecule has 0 spiro atoms. The number of hydrogen-bond acceptors (Lipinski definition) is 3. The van der Waals surface area contributed by atoms with Crippen LogP contribution in [0.4, 0.5) is 0 Å². The van der Waals surface area contributed by atoms with Crippen molar-refractivity contribution < 1.29 is 0 Å². The molecule has 0 bridgehead atoms. The summed E-state index contributed by atoms with van der Waals surface area (Å²) in [7, 11) is 1.99. The number of aromatic nitrogens is 2. The molecular formula is C11H22N4. The molecule has 0 fully saturated rings. The van der Waals surface area contributed by atoms with Crippen molar-refractivity contribution in [1.29, 1.82) is 0 Å². The van der Waals surface area contributed by atoms with Gasteiger partial charge in [0.1, 0.15) is 0 Å². The highest BCUT2D eigenvalue weighted by Crippen LogP contribution is 2.11. The van der Waals surface area contributed by atoms with Gasteiger partial charge in [0.05, 0.1) is 5.69 Å². The summed E-state index contributed by atoms with van der Waals surface area (Å²) < 4.78 is 1.94. The number of nitrogens with zero attached hydrogens (tertiary/aromatic N) is 2. The van der Waals surface area contributed by atoms with E-state index < -0.39 is 0 Å². The molecule has 1 rings (SSSR count). The van der Waals surface area contributed by atoms with Crippen LogP contribution in [0, 0.1) is 13.8 Å². The summed E-state index contributed by atoms with van der Waals surface area (Å²) in [5.74, 6) is 0. The van der Waals surface area contributed by atoms with E-state index in [4.69, 9.17) is 5.73 Å². The van der Waals surface area contributed by atoms with E-state index in [9.17, 15) is 0 Å². The van der Waals surface area contributed by atoms with Gasteiger partial charge in [-0.3, -0.25) is 4.68 Å². The zero-order valence-electron chi connectivity index (χ0n) is 10.2. The second kappa shape index (κ2) is 5.28. The first-order chi connectivity index (χ1) is 7.06. The van der Waals surface area contributed by atoms with Gasteiger partial charge in [-0.15, -0.1) is 0 Å². The maximum absolute atomic E-state index is 5.54. The second-order valence-electron chi connectivity index (χ2n) is 4.11. The molecule has 0 aliphatic rings. The molecule has 1 atom stereocenters. The Morgan fingerprint density at radius 2 is 2.13 bits per heavy atom. The SMILES string of the molecule is Cc1nn(C)c(C)c1CCNC(C)CN. The van der Waals surface area contributed by atoms with Crippen molar-refractivity contribution >= 4 is 0 Å². The number of nitrogens with two attached hydrogens (primary N) is 1. The lowest BCUT2D eigenvalue weighted by Gasteiger charge is -2.10. The van der Waals surface area contributed by atoms with Crippen LogP contribution in [0.3, 0.4) is 0 Å². The van der Waals surface area contributed by atoms with Gasteiger partial charge < -0.3 is 11.1 Å². The summed E-state index contributed by atoms with van der Waals surface area (Å²) in [5.41, 5.74) is 9.29. The van der Waals surface area contributed by atoms with Gasteiger partial charge in [0.2, 0.25) is 0 Å². The van der Waals surface area contributed by atoms with E-state index in [1.807, 2.05) is 11.7 Å². The predicted octanol–water partition coefficient (Wildman–Crippen LogP) is 0.516. The Labute approximate surface area is 91.8 Å². The lowest BCUT2D eigenvalue weighted by molar-refractivity contribution is 0.558. The van der Waals surface area contributed by atoms with E-state index in [0.717, 1.165) is 18.7 Å². The first-order valence-corrected chi connectivity index (χ1v) is 5.48. The molecule has 3 N–H and O–H groups in total. The normalized spacial score (nSPS) is 13.1. The molecule has 0 radical (unpaired) electrons. The Hall–Kier alpha value is -0.870. The summed E-state index contributed by atoms with van der Waals surface area (Å²) in [6, 6.07) is 0.391. The van der Waals surface area contributed by atoms with Gasteiger partial charge in [0, 0.05) is 25.3 Å². The topological polar surface area (TPSA) is 55.9 Å². The maximum atomic E-state index is 5.54. The molecule has 15 heavy (non-hydrogen) atoms. The van der Waals surface area contributed by atoms with Gasteiger partial charge in [-0.2, -0.15) is 5.10 Å². The van der Waals surface area contributed by atoms with Crippen LogP contribution in [0.1, 0.15) is 23.9 Å². The van der Waals surface area contributed by atoms with E-state index in [1.165, 1.54) is 11.3 Å². The lowest BCUT2D eigenvalue weighted by atomic mass is 10.1. The van der Waals surface area contributed by atoms with Crippen molar-refractivity contribution in [2.24, 2.45) is 12.8 Å². The minimum absolute atomic E-state index is 0.391. The van der Waals surface area contributed by atoms with Crippen molar-refractivity contribution in [1.82, 2.24) is 15.1 Å². The van der Waals surface area contributed by atoms with Crippen molar-refractivity contribution in [3.05, 3.63) is 17.0 Å². The summed E-state index contributed by atoms with van der Waals surface area (Å²) in [6.45, 7) is 7.93. The van der Waals surface area contributed by atoms with Crippen molar-refractivity contribution in [2.45, 2.75) is 33.2 Å². The van der Waals surface area contributed by atoms with Gasteiger partial charge in [-0.1, -0.05) is 0 Å². The van der Waals surface area contributed by atoms with Crippen LogP contribution in [0.15, 0.2) is 0 Å². The number of aryl methyl sites for hydroxylation is 2. The molecule has 4 heteroatoms. The Morgan fingerprint density at radius 1 is 1.47 bits per heavy atom. The standard InChI is InChI=1S/C11H22N4/c1-8(7-12)13-6-5-11-9(2)14-15(4)10(11)3/h8,13H,5-7,12H2,1-4H3. The lowest BCUT2D eigenvalue weighted by Crippen LogP contribution is -2.34. The minimum Gasteiger partial charge on any atom is -0.329 e. The third-order valence-corrected chi connectivity index (χ3v) is 2.88. The van der Waals surface area contributed by atoms with Crippen LogP contribution in [0.2, 0.25) is 0 Å². The Morgan fingerprint density at radius 3 is 2.60 bits per heavy atom. The fourth-order valence-electron chi connectivity index (χ4n) is 1.71. The van der Waals surface area contributed by atoms with Crippen molar-refractivity contribution in [3.8, 4) is 0 Å². The molecule has 4 nitrogen and oxygen atoms in total. The first kappa shape index (κ1) is 12.2. The van der Waals surface area contributed by atoms with E-state index in [-0.39, 0.29) is 0 Å². The Balaban J connectivity index is 2.50. The van der Waals surface area contributed by atoms with Gasteiger partial charge in [0.25, 0.3) is 0 Å². The molecular weight excluding hydrogens is 188 g/mol. The minimum atomic E-state index is 0.391. The van der Waals surface area contributed by atoms with Gasteiger partial charge in [0.15, 0.2) is 0 Å². The molecule has 1 heterocycles. The highest BCUT2D eigenvalue weighted by molar-refractivity contribution is 5.24. The fourth-order valence-corrected chi connectivity index (χ4v) is 1.71. The third-order valence-electron chi connectivity index (χ3n) is 2.88. The highest BCUT2D eigenvalue weighted by atomic mass is 15.3. The average molecular weight is 210 g/mol. The first-order valence-electron chi connectivity index (χ1n) is 5.48. The molecule has 1 aromatic heterocycles. The zero-order valence-corrected chi connectivity index (χ0v) is 10.2. The van der Waals surface area contributed by atoms with Crippen LogP contribution >= 0.6 is 0 Å². The monoisotopic (exact) mass is 210 g/mol. The van der Waals surface area contributed by atoms with E-state index in [1.54, 1.807) is 0 Å². The molecule has 0 saturated heterocycles. The number of rotatable bonds is 5. The van der Waals surface area contributed by atoms with Crippen LogP contribution in [0.25, 0.3) is 0 Å². The number of hydrogen-bond donors (Lipinski definition) is 2. The van der Waals surface area contributed by atoms with E-state index >= 15 is 0 Å². The van der Waals surface area contributed by atoms with E-state index in [2.05, 4.69) is 31.2 Å². The van der Waals surface area contributed by atoms with Gasteiger partial charge in [-0.05, 0) is 39.3 Å². The Kier molecular flexibility index (Phi) is 4.29. The molecule has 0 aromatic carbocycles. The smallest absolute Gasteiger partial charge is 0.0628 e. The van der Waals surface area contributed by atoms with Crippen LogP contribution in [-0.2, 0) is 13.5 Å². The van der Waals surface area contributed by atoms with Crippen LogP contribution in [0.5, 0.6) is 0 Å². The van der Waals surface area contributed by atoms with E-state index in [0.29, 0.717) is 12.6 Å². The largest absolute Gasteiger partial charge is 0.329 e. The molecule has 1 unspecified atom stereocenters. The van der Waals surface area contributed by atoms with Crippen LogP contribution < -0.4 is 11.1 Å². The summed E-state index contributed by atoms with van der Waals surface area (Å²) in [5, 5.41) is 7.78. The highest BCUT2D eigenvalue weighted by Gasteiger charge is 2.08. The molecule has 86 valence electrons. The third kappa shape index (κ3) is 3.04. The van der Waals surface area contributed by atoms with Gasteiger partial charge in [-0.25, -0.2) is 0 Å². The molecule has 0 amide bonds. The van der Waals surface area contributed by atoms with Gasteiger partial charge >= 0.3 is 0 Å². The van der Waals surface area contributed by atoms with Crippen molar-refractivity contribution in [3.63, 3.8) is 0 Å².